The minimum Gasteiger partial charge on any atom is -0.386 e. The van der Waals surface area contributed by atoms with E-state index in [1.54, 1.807) is 49.1 Å². The van der Waals surface area contributed by atoms with Gasteiger partial charge in [0, 0.05) is 56.6 Å². The van der Waals surface area contributed by atoms with Crippen LogP contribution in [0.5, 0.6) is 0 Å². The first-order valence-corrected chi connectivity index (χ1v) is 18.1. The largest absolute Gasteiger partial charge is 0.437 e. The number of aryl methyl sites for hydroxylation is 5. The number of hydrogen-bond donors (Lipinski definition) is 5. The Hall–Kier alpha value is -4.58. The molecule has 0 bridgehead atoms. The zero-order chi connectivity index (χ0) is 40.7. The van der Waals surface area contributed by atoms with Gasteiger partial charge in [-0.05, 0) is 138 Å². The second-order valence-electron chi connectivity index (χ2n) is 10.5. The summed E-state index contributed by atoms with van der Waals surface area (Å²) in [4.78, 5) is 59.5. The first kappa shape index (κ1) is 51.4. The van der Waals surface area contributed by atoms with Gasteiger partial charge in [-0.25, -0.2) is 35.5 Å². The van der Waals surface area contributed by atoms with Gasteiger partial charge in [-0.1, -0.05) is 14.9 Å². The molecular weight excluding hydrogens is 992 g/mol. The number of carbonyl (C=O) groups is 2. The average Bonchev–Trinajstić information content (AvgIpc) is 3.74. The molecular formula is C34H42Br4N12O6. The van der Waals surface area contributed by atoms with Gasteiger partial charge in [0.1, 0.15) is 22.8 Å². The maximum Gasteiger partial charge on any atom is 0.437 e. The zero-order valence-electron chi connectivity index (χ0n) is 29.4. The molecule has 6 aromatic rings. The Morgan fingerprint density at radius 1 is 0.696 bits per heavy atom. The van der Waals surface area contributed by atoms with Crippen molar-refractivity contribution >= 4 is 75.4 Å². The number of aromatic nitrogens is 8. The number of Topliss-reactive ketones (excluding diaryl/α,β-unsaturated/α-hetero) is 1. The Labute approximate surface area is 356 Å². The summed E-state index contributed by atoms with van der Waals surface area (Å²) < 4.78 is 14.4. The molecule has 22 heteroatoms. The van der Waals surface area contributed by atoms with Crippen LogP contribution in [0.25, 0.3) is 23.2 Å². The van der Waals surface area contributed by atoms with Gasteiger partial charge in [0.25, 0.3) is 17.7 Å². The highest BCUT2D eigenvalue weighted by atomic mass is 79.9. The molecule has 0 aliphatic carbocycles. The average molecular weight is 1030 g/mol. The number of nitrogen functional groups attached to an aromatic ring is 1. The second kappa shape index (κ2) is 24.8. The first-order chi connectivity index (χ1) is 25.5. The van der Waals surface area contributed by atoms with Gasteiger partial charge in [-0.2, -0.15) is 4.68 Å². The van der Waals surface area contributed by atoms with Crippen molar-refractivity contribution in [2.24, 2.45) is 24.6 Å². The van der Waals surface area contributed by atoms with Crippen molar-refractivity contribution in [2.75, 3.05) is 0 Å². The molecule has 0 fully saturated rings. The number of pyridine rings is 4. The van der Waals surface area contributed by atoms with Crippen LogP contribution in [0.4, 0.5) is 0 Å². The van der Waals surface area contributed by atoms with E-state index in [0.29, 0.717) is 22.8 Å². The van der Waals surface area contributed by atoms with Crippen LogP contribution in [0.1, 0.15) is 65.0 Å². The number of nitrogens with one attached hydrogen (secondary N) is 2. The fourth-order valence-corrected chi connectivity index (χ4v) is 4.44. The van der Waals surface area contributed by atoms with Gasteiger partial charge < -0.3 is 8.83 Å². The number of hydrazine groups is 2. The van der Waals surface area contributed by atoms with Crippen molar-refractivity contribution in [3.63, 3.8) is 0 Å². The Balaban J connectivity index is 0.000000706. The SMILES string of the molecule is C.C.CC(=O)c1cc(C)c(Br)cn1.Cc1cc(-c2n[nH]c(=O)o2)ncc1Br.Cc1cc(-c2nn(C)c(=O)o2)ncc1Br.Cc1cc(C(=O)NN)ncc1Br.NN. The Morgan fingerprint density at radius 2 is 1.11 bits per heavy atom. The number of aromatic amines is 1. The lowest BCUT2D eigenvalue weighted by Gasteiger charge is -2.00. The smallest absolute Gasteiger partial charge is 0.386 e. The Kier molecular flexibility index (Phi) is 22.8. The van der Waals surface area contributed by atoms with Crippen molar-refractivity contribution in [3.8, 4) is 23.2 Å². The molecule has 18 nitrogen and oxygen atoms in total. The molecule has 0 saturated heterocycles. The van der Waals surface area contributed by atoms with Gasteiger partial charge in [-0.15, -0.1) is 10.2 Å². The van der Waals surface area contributed by atoms with Crippen LogP contribution < -0.4 is 34.5 Å². The molecule has 0 atom stereocenters. The maximum absolute atomic E-state index is 11.1. The lowest BCUT2D eigenvalue weighted by molar-refractivity contribution is 0.0947. The van der Waals surface area contributed by atoms with E-state index in [1.807, 2.05) is 33.1 Å². The summed E-state index contributed by atoms with van der Waals surface area (Å²) in [5.41, 5.74) is 7.92. The minimum absolute atomic E-state index is 0. The van der Waals surface area contributed by atoms with E-state index >= 15 is 0 Å². The van der Waals surface area contributed by atoms with Gasteiger partial charge in [0.05, 0.1) is 0 Å². The van der Waals surface area contributed by atoms with E-state index in [0.717, 1.165) is 44.8 Å². The summed E-state index contributed by atoms with van der Waals surface area (Å²) >= 11 is 13.2. The normalized spacial score (nSPS) is 9.52. The number of nitrogens with zero attached hydrogens (tertiary/aromatic N) is 7. The molecule has 0 aliphatic rings. The molecule has 0 saturated carbocycles. The molecule has 6 aromatic heterocycles. The summed E-state index contributed by atoms with van der Waals surface area (Å²) in [6.07, 6.45) is 6.50. The van der Waals surface area contributed by atoms with Gasteiger partial charge >= 0.3 is 11.5 Å². The zero-order valence-corrected chi connectivity index (χ0v) is 35.8. The number of H-pyrrole nitrogens is 1. The summed E-state index contributed by atoms with van der Waals surface area (Å²) in [6.45, 7) is 9.16. The highest BCUT2D eigenvalue weighted by molar-refractivity contribution is 9.11. The molecule has 0 unspecified atom stereocenters. The van der Waals surface area contributed by atoms with E-state index in [2.05, 4.69) is 111 Å². The predicted octanol–water partition coefficient (Wildman–Crippen LogP) is 6.20. The first-order valence-electron chi connectivity index (χ1n) is 14.9. The number of rotatable bonds is 4. The topological polar surface area (TPSA) is 283 Å². The van der Waals surface area contributed by atoms with Crippen LogP contribution in [0.15, 0.2) is 85.4 Å². The fraction of sp³-hybridized carbons (Fsp3) is 0.235. The monoisotopic (exact) mass is 1030 g/mol. The number of ketones is 1. The van der Waals surface area contributed by atoms with Gasteiger partial charge in [0.2, 0.25) is 0 Å². The quantitative estimate of drug-likeness (QED) is 0.0568. The fourth-order valence-electron chi connectivity index (χ4n) is 3.57. The number of nitrogens with two attached hydrogens (primary N) is 3. The van der Waals surface area contributed by atoms with Crippen LogP contribution in [0.3, 0.4) is 0 Å². The summed E-state index contributed by atoms with van der Waals surface area (Å²) in [7, 11) is 1.53. The number of halogens is 4. The standard InChI is InChI=1S/C9H8BrN3O2.C8H6BrN3O2.C8H8BrNO.C7H8BrN3O.2CH4.H4N2/c1-5-3-7(11-4-6(5)10)8-12-13(2)9(14)15-8;1-4-2-6(10-3-5(4)9)7-11-12-8(13)14-7;1-5-3-8(6(2)11)10-4-7(5)9;1-4-2-6(7(12)11-9)10-3-5(4)8;;;1-2/h3-4H,1-2H3;2-3H,1H3,(H,12,13);3-4H,1-2H3;2-3H,9H2,1H3,(H,11,12);2*1H4;1-2H2. The highest BCUT2D eigenvalue weighted by Crippen LogP contribution is 2.21. The van der Waals surface area contributed by atoms with Crippen LogP contribution in [0.2, 0.25) is 0 Å². The van der Waals surface area contributed by atoms with Crippen LogP contribution in [-0.2, 0) is 7.05 Å². The molecule has 302 valence electrons. The van der Waals surface area contributed by atoms with Crippen molar-refractivity contribution in [1.82, 2.24) is 45.3 Å². The van der Waals surface area contributed by atoms with Crippen LogP contribution in [-0.4, -0.2) is 51.6 Å². The van der Waals surface area contributed by atoms with Gasteiger partial charge in [0.15, 0.2) is 5.78 Å². The molecule has 6 heterocycles. The Morgan fingerprint density at radius 3 is 1.46 bits per heavy atom. The molecule has 0 aliphatic heterocycles. The summed E-state index contributed by atoms with van der Waals surface area (Å²) in [5.74, 6) is 11.9. The lowest BCUT2D eigenvalue weighted by atomic mass is 10.2. The molecule has 0 radical (unpaired) electrons. The second-order valence-corrected chi connectivity index (χ2v) is 13.9. The minimum atomic E-state index is -0.581. The predicted molar refractivity (Wildman–Crippen MR) is 227 cm³/mol. The Bertz CT molecular complexity index is 2330. The van der Waals surface area contributed by atoms with Crippen LogP contribution >= 0.6 is 63.7 Å². The third kappa shape index (κ3) is 15.5. The maximum atomic E-state index is 11.1. The van der Waals surface area contributed by atoms with E-state index < -0.39 is 11.5 Å². The molecule has 0 spiro atoms. The van der Waals surface area contributed by atoms with E-state index in [1.165, 1.54) is 14.0 Å². The summed E-state index contributed by atoms with van der Waals surface area (Å²) in [5, 5.41) is 9.76. The highest BCUT2D eigenvalue weighted by Gasteiger charge is 2.11. The summed E-state index contributed by atoms with van der Waals surface area (Å²) in [6, 6.07) is 7.01. The number of hydrogen-bond acceptors (Lipinski definition) is 15. The molecule has 0 aromatic carbocycles. The van der Waals surface area contributed by atoms with E-state index in [-0.39, 0.29) is 38.3 Å². The van der Waals surface area contributed by atoms with Crippen molar-refractivity contribution in [3.05, 3.63) is 122 Å². The number of amides is 1. The molecule has 1 amide bonds. The third-order valence-corrected chi connectivity index (χ3v) is 9.80. The van der Waals surface area contributed by atoms with Crippen molar-refractivity contribution in [2.45, 2.75) is 49.5 Å². The molecule has 8 N–H and O–H groups in total. The van der Waals surface area contributed by atoms with Crippen molar-refractivity contribution in [1.29, 1.82) is 0 Å². The van der Waals surface area contributed by atoms with E-state index in [4.69, 9.17) is 14.7 Å². The molecule has 6 rings (SSSR count). The lowest BCUT2D eigenvalue weighted by Crippen LogP contribution is -2.30. The van der Waals surface area contributed by atoms with Crippen LogP contribution in [0, 0.1) is 27.7 Å². The van der Waals surface area contributed by atoms with Crippen molar-refractivity contribution < 1.29 is 18.4 Å². The van der Waals surface area contributed by atoms with Gasteiger partial charge in [-0.3, -0.25) is 31.7 Å². The third-order valence-electron chi connectivity index (χ3n) is 6.48. The molecule has 56 heavy (non-hydrogen) atoms. The van der Waals surface area contributed by atoms with E-state index in [9.17, 15) is 19.2 Å². The number of carbonyl (C=O) groups excluding carboxylic acids is 2.